The zero-order valence-corrected chi connectivity index (χ0v) is 15.3. The maximum absolute atomic E-state index is 6.06. The molecule has 0 radical (unpaired) electrons. The van der Waals surface area contributed by atoms with E-state index in [0.29, 0.717) is 18.8 Å². The van der Waals surface area contributed by atoms with E-state index in [-0.39, 0.29) is 5.60 Å². The molecule has 3 nitrogen and oxygen atoms in total. The largest absolute Gasteiger partial charge is 0.352 e. The van der Waals surface area contributed by atoms with Crippen LogP contribution in [0.4, 0.5) is 0 Å². The molecule has 1 heterocycles. The molecule has 3 heteroatoms. The van der Waals surface area contributed by atoms with E-state index in [1.807, 2.05) is 0 Å². The third-order valence-corrected chi connectivity index (χ3v) is 5.90. The van der Waals surface area contributed by atoms with Crippen molar-refractivity contribution in [2.24, 2.45) is 11.8 Å². The van der Waals surface area contributed by atoms with Gasteiger partial charge in [0.2, 0.25) is 0 Å². The van der Waals surface area contributed by atoms with Gasteiger partial charge in [0.1, 0.15) is 6.79 Å². The molecule has 0 bridgehead atoms. The summed E-state index contributed by atoms with van der Waals surface area (Å²) in [4.78, 5) is 0. The topological polar surface area (TPSA) is 30.5 Å². The molecule has 1 aliphatic heterocycles. The van der Waals surface area contributed by atoms with E-state index in [1.165, 1.54) is 44.1 Å². The zero-order chi connectivity index (χ0) is 16.8. The Bertz CT molecular complexity index is 492. The van der Waals surface area contributed by atoms with E-state index in [4.69, 9.17) is 9.47 Å². The van der Waals surface area contributed by atoms with Gasteiger partial charge in [0.25, 0.3) is 0 Å². The second-order valence-electron chi connectivity index (χ2n) is 7.92. The van der Waals surface area contributed by atoms with Crippen molar-refractivity contribution in [2.75, 3.05) is 19.9 Å². The summed E-state index contributed by atoms with van der Waals surface area (Å²) >= 11 is 0. The fourth-order valence-electron chi connectivity index (χ4n) is 4.32. The minimum atomic E-state index is -0.0670. The highest BCUT2D eigenvalue weighted by Crippen LogP contribution is 2.41. The first-order chi connectivity index (χ1) is 11.7. The molecular weight excluding hydrogens is 298 g/mol. The number of aryl methyl sites for hydroxylation is 1. The van der Waals surface area contributed by atoms with Crippen molar-refractivity contribution in [2.45, 2.75) is 64.1 Å². The van der Waals surface area contributed by atoms with Crippen molar-refractivity contribution < 1.29 is 9.47 Å². The van der Waals surface area contributed by atoms with Crippen molar-refractivity contribution in [3.63, 3.8) is 0 Å². The molecule has 0 aromatic heterocycles. The van der Waals surface area contributed by atoms with Crippen LogP contribution >= 0.6 is 0 Å². The minimum absolute atomic E-state index is 0.0670. The Kier molecular flexibility index (Phi) is 6.31. The number of nitrogens with one attached hydrogen (secondary N) is 1. The summed E-state index contributed by atoms with van der Waals surface area (Å²) < 4.78 is 12.0. The molecule has 3 rings (SSSR count). The fraction of sp³-hybridized carbons (Fsp3) is 0.714. The number of hydrogen-bond donors (Lipinski definition) is 1. The highest BCUT2D eigenvalue weighted by atomic mass is 16.7. The summed E-state index contributed by atoms with van der Waals surface area (Å²) in [5.41, 5.74) is 1.37. The summed E-state index contributed by atoms with van der Waals surface area (Å²) in [6.07, 6.45) is 7.76. The molecule has 0 spiro atoms. The van der Waals surface area contributed by atoms with E-state index < -0.39 is 0 Å². The van der Waals surface area contributed by atoms with Gasteiger partial charge in [-0.1, -0.05) is 43.7 Å². The lowest BCUT2D eigenvalue weighted by Gasteiger charge is -2.49. The lowest BCUT2D eigenvalue weighted by atomic mass is 9.72. The second kappa shape index (κ2) is 8.46. The van der Waals surface area contributed by atoms with Crippen LogP contribution in [0.25, 0.3) is 0 Å². The molecule has 1 aliphatic carbocycles. The van der Waals surface area contributed by atoms with Gasteiger partial charge in [-0.25, -0.2) is 0 Å². The Morgan fingerprint density at radius 2 is 2.00 bits per heavy atom. The molecule has 1 saturated heterocycles. The van der Waals surface area contributed by atoms with Gasteiger partial charge in [-0.15, -0.1) is 0 Å². The Hall–Kier alpha value is -0.900. The molecule has 1 saturated carbocycles. The first kappa shape index (κ1) is 17.9. The van der Waals surface area contributed by atoms with Gasteiger partial charge >= 0.3 is 0 Å². The van der Waals surface area contributed by atoms with Crippen molar-refractivity contribution in [3.8, 4) is 0 Å². The maximum atomic E-state index is 6.06. The molecule has 4 atom stereocenters. The van der Waals surface area contributed by atoms with Gasteiger partial charge in [-0.05, 0) is 57.1 Å². The standard InChI is InChI=1S/C21H33NO2/c1-17-11-12-19-20(14-17)23-16-24-21(19,2)15-22-13-7-6-10-18-8-4-3-5-9-18/h3-5,8-9,17,19-20,22H,6-7,10-16H2,1-2H3/t17-,19-,20-,21+/m1/s1. The van der Waals surface area contributed by atoms with Gasteiger partial charge in [0.15, 0.2) is 0 Å². The monoisotopic (exact) mass is 331 g/mol. The third-order valence-electron chi connectivity index (χ3n) is 5.90. The van der Waals surface area contributed by atoms with Crippen LogP contribution in [0.3, 0.4) is 0 Å². The second-order valence-corrected chi connectivity index (χ2v) is 7.92. The lowest BCUT2D eigenvalue weighted by Crippen LogP contribution is -2.57. The number of hydrogen-bond acceptors (Lipinski definition) is 3. The summed E-state index contributed by atoms with van der Waals surface area (Å²) in [6.45, 7) is 7.09. The van der Waals surface area contributed by atoms with Crippen LogP contribution in [0.15, 0.2) is 30.3 Å². The molecular formula is C21H33NO2. The van der Waals surface area contributed by atoms with Crippen LogP contribution in [0.2, 0.25) is 0 Å². The predicted molar refractivity (Wildman–Crippen MR) is 98.0 cm³/mol. The number of fused-ring (bicyclic) bond motifs is 1. The van der Waals surface area contributed by atoms with Gasteiger partial charge < -0.3 is 14.8 Å². The molecule has 134 valence electrons. The SMILES string of the molecule is C[C@@H]1CC[C@@H]2[C@@H](C1)OCO[C@@]2(C)CNCCCCc1ccccc1. The van der Waals surface area contributed by atoms with E-state index >= 15 is 0 Å². The summed E-state index contributed by atoms with van der Waals surface area (Å²) in [6, 6.07) is 10.8. The van der Waals surface area contributed by atoms with Crippen LogP contribution in [-0.4, -0.2) is 31.6 Å². The Labute approximate surface area is 147 Å². The fourth-order valence-corrected chi connectivity index (χ4v) is 4.32. The molecule has 1 N–H and O–H groups in total. The van der Waals surface area contributed by atoms with Crippen LogP contribution < -0.4 is 5.32 Å². The summed E-state index contributed by atoms with van der Waals surface area (Å²) in [5.74, 6) is 1.33. The third kappa shape index (κ3) is 4.59. The lowest BCUT2D eigenvalue weighted by molar-refractivity contribution is -0.260. The molecule has 1 aromatic rings. The number of ether oxygens (including phenoxy) is 2. The van der Waals surface area contributed by atoms with E-state index in [9.17, 15) is 0 Å². The Morgan fingerprint density at radius 1 is 1.17 bits per heavy atom. The normalized spacial score (nSPS) is 33.2. The van der Waals surface area contributed by atoms with Crippen LogP contribution in [0, 0.1) is 11.8 Å². The van der Waals surface area contributed by atoms with Gasteiger partial charge in [-0.2, -0.15) is 0 Å². The van der Waals surface area contributed by atoms with Gasteiger partial charge in [0, 0.05) is 12.5 Å². The molecule has 0 amide bonds. The van der Waals surface area contributed by atoms with E-state index in [0.717, 1.165) is 19.0 Å². The Morgan fingerprint density at radius 3 is 2.83 bits per heavy atom. The van der Waals surface area contributed by atoms with Gasteiger partial charge in [0.05, 0.1) is 11.7 Å². The molecule has 24 heavy (non-hydrogen) atoms. The molecule has 0 unspecified atom stereocenters. The van der Waals surface area contributed by atoms with Crippen LogP contribution in [0.1, 0.15) is 51.5 Å². The average molecular weight is 331 g/mol. The summed E-state index contributed by atoms with van der Waals surface area (Å²) in [5, 5.41) is 3.65. The van der Waals surface area contributed by atoms with Crippen molar-refractivity contribution in [1.29, 1.82) is 0 Å². The Balaban J connectivity index is 1.37. The first-order valence-electron chi connectivity index (χ1n) is 9.67. The van der Waals surface area contributed by atoms with Crippen molar-refractivity contribution in [3.05, 3.63) is 35.9 Å². The molecule has 2 fully saturated rings. The maximum Gasteiger partial charge on any atom is 0.147 e. The first-order valence-corrected chi connectivity index (χ1v) is 9.67. The minimum Gasteiger partial charge on any atom is -0.352 e. The van der Waals surface area contributed by atoms with E-state index in [2.05, 4.69) is 49.5 Å². The quantitative estimate of drug-likeness (QED) is 0.761. The number of benzene rings is 1. The zero-order valence-electron chi connectivity index (χ0n) is 15.3. The number of unbranched alkanes of at least 4 members (excludes halogenated alkanes) is 1. The summed E-state index contributed by atoms with van der Waals surface area (Å²) in [7, 11) is 0. The smallest absolute Gasteiger partial charge is 0.147 e. The predicted octanol–water partition coefficient (Wildman–Crippen LogP) is 4.17. The van der Waals surface area contributed by atoms with Crippen LogP contribution in [0.5, 0.6) is 0 Å². The molecule has 1 aromatic carbocycles. The number of rotatable bonds is 7. The van der Waals surface area contributed by atoms with E-state index in [1.54, 1.807) is 0 Å². The van der Waals surface area contributed by atoms with Crippen molar-refractivity contribution in [1.82, 2.24) is 5.32 Å². The van der Waals surface area contributed by atoms with Crippen molar-refractivity contribution >= 4 is 0 Å². The highest BCUT2D eigenvalue weighted by Gasteiger charge is 2.46. The van der Waals surface area contributed by atoms with Gasteiger partial charge in [-0.3, -0.25) is 0 Å². The van der Waals surface area contributed by atoms with Crippen LogP contribution in [-0.2, 0) is 15.9 Å². The molecule has 2 aliphatic rings. The average Bonchev–Trinajstić information content (AvgIpc) is 2.59. The highest BCUT2D eigenvalue weighted by molar-refractivity contribution is 5.14.